The van der Waals surface area contributed by atoms with Crippen molar-refractivity contribution in [3.63, 3.8) is 0 Å². The zero-order valence-electron chi connectivity index (χ0n) is 12.1. The molecule has 112 valence electrons. The summed E-state index contributed by atoms with van der Waals surface area (Å²) in [6.07, 6.45) is 0.0669. The summed E-state index contributed by atoms with van der Waals surface area (Å²) in [6, 6.07) is 16.9. The summed E-state index contributed by atoms with van der Waals surface area (Å²) in [5.41, 5.74) is 4.58. The third kappa shape index (κ3) is 2.48. The van der Waals surface area contributed by atoms with E-state index >= 15 is 0 Å². The number of carbonyl (C=O) groups is 1. The molecular formula is C17H16N2O3. The van der Waals surface area contributed by atoms with E-state index in [1.165, 1.54) is 11.8 Å². The highest BCUT2D eigenvalue weighted by molar-refractivity contribution is 5.93. The Morgan fingerprint density at radius 3 is 2.41 bits per heavy atom. The molecule has 0 atom stereocenters. The molecule has 0 fully saturated rings. The van der Waals surface area contributed by atoms with Crippen LogP contribution in [0, 0.1) is 0 Å². The number of para-hydroxylation sites is 1. The maximum atomic E-state index is 11.7. The Balaban J connectivity index is 2.12. The summed E-state index contributed by atoms with van der Waals surface area (Å²) < 4.78 is 6.28. The maximum Gasteiger partial charge on any atom is 0.311 e. The molecule has 2 N–H and O–H groups in total. The van der Waals surface area contributed by atoms with Gasteiger partial charge < -0.3 is 9.84 Å². The lowest BCUT2D eigenvalue weighted by Gasteiger charge is -2.12. The molecular weight excluding hydrogens is 280 g/mol. The van der Waals surface area contributed by atoms with Crippen molar-refractivity contribution in [2.24, 2.45) is 0 Å². The van der Waals surface area contributed by atoms with Crippen molar-refractivity contribution in [3.05, 3.63) is 60.3 Å². The van der Waals surface area contributed by atoms with Gasteiger partial charge in [-0.3, -0.25) is 10.2 Å². The van der Waals surface area contributed by atoms with Gasteiger partial charge in [-0.1, -0.05) is 36.4 Å². The molecule has 5 heteroatoms. The summed E-state index contributed by atoms with van der Waals surface area (Å²) in [5.74, 6) is -0.294. The van der Waals surface area contributed by atoms with Crippen LogP contribution < -0.4 is 5.43 Å². The second-order valence-electron chi connectivity index (χ2n) is 4.88. The number of nitrogens with one attached hydrogen (secondary N) is 1. The number of aromatic nitrogens is 1. The number of esters is 1. The fraction of sp³-hybridized carbons (Fsp3) is 0.118. The number of aromatic hydroxyl groups is 1. The van der Waals surface area contributed by atoms with Gasteiger partial charge in [-0.15, -0.1) is 0 Å². The van der Waals surface area contributed by atoms with Gasteiger partial charge in [0, 0.05) is 10.8 Å². The molecule has 0 aliphatic carbocycles. The summed E-state index contributed by atoms with van der Waals surface area (Å²) in [6.45, 7) is 0. The predicted octanol–water partition coefficient (Wildman–Crippen LogP) is 2.94. The van der Waals surface area contributed by atoms with E-state index in [4.69, 9.17) is 4.74 Å². The molecule has 1 aromatic heterocycles. The Morgan fingerprint density at radius 2 is 1.73 bits per heavy atom. The Morgan fingerprint density at radius 1 is 1.09 bits per heavy atom. The van der Waals surface area contributed by atoms with Crippen LogP contribution >= 0.6 is 0 Å². The number of fused-ring (bicyclic) bond motifs is 1. The Labute approximate surface area is 127 Å². The van der Waals surface area contributed by atoms with E-state index < -0.39 is 0 Å². The van der Waals surface area contributed by atoms with E-state index in [1.807, 2.05) is 54.6 Å². The van der Waals surface area contributed by atoms with Crippen molar-refractivity contribution < 1.29 is 14.6 Å². The van der Waals surface area contributed by atoms with E-state index in [2.05, 4.69) is 5.43 Å². The average Bonchev–Trinajstić information content (AvgIpc) is 2.82. The molecule has 2 aromatic carbocycles. The minimum Gasteiger partial charge on any atom is -0.493 e. The van der Waals surface area contributed by atoms with Crippen LogP contribution in [0.3, 0.4) is 0 Å². The van der Waals surface area contributed by atoms with Gasteiger partial charge in [-0.05, 0) is 18.2 Å². The van der Waals surface area contributed by atoms with Gasteiger partial charge in [0.2, 0.25) is 5.88 Å². The molecule has 0 aliphatic heterocycles. The van der Waals surface area contributed by atoms with Crippen molar-refractivity contribution >= 4 is 22.4 Å². The highest BCUT2D eigenvalue weighted by Crippen LogP contribution is 2.31. The first-order valence-corrected chi connectivity index (χ1v) is 6.91. The van der Waals surface area contributed by atoms with Crippen LogP contribution in [0.1, 0.15) is 5.69 Å². The fourth-order valence-corrected chi connectivity index (χ4v) is 2.44. The van der Waals surface area contributed by atoms with Crippen molar-refractivity contribution in [1.29, 1.82) is 0 Å². The van der Waals surface area contributed by atoms with E-state index in [9.17, 15) is 9.90 Å². The lowest BCUT2D eigenvalue weighted by Crippen LogP contribution is -2.15. The molecule has 0 radical (unpaired) electrons. The topological polar surface area (TPSA) is 63.5 Å². The normalized spacial score (nSPS) is 10.6. The Kier molecular flexibility index (Phi) is 3.70. The summed E-state index contributed by atoms with van der Waals surface area (Å²) in [7, 11) is 1.35. The largest absolute Gasteiger partial charge is 0.493 e. The first-order valence-electron chi connectivity index (χ1n) is 6.91. The molecule has 22 heavy (non-hydrogen) atoms. The van der Waals surface area contributed by atoms with Gasteiger partial charge in [-0.25, -0.2) is 4.68 Å². The predicted molar refractivity (Wildman–Crippen MR) is 84.8 cm³/mol. The summed E-state index contributed by atoms with van der Waals surface area (Å²) in [5, 5.41) is 12.0. The number of hydrogen-bond acceptors (Lipinski definition) is 4. The van der Waals surface area contributed by atoms with Crippen LogP contribution in [0.2, 0.25) is 0 Å². The van der Waals surface area contributed by atoms with Gasteiger partial charge >= 0.3 is 5.97 Å². The van der Waals surface area contributed by atoms with Crippen LogP contribution in [0.25, 0.3) is 10.8 Å². The van der Waals surface area contributed by atoms with E-state index in [-0.39, 0.29) is 18.3 Å². The number of benzene rings is 2. The third-order valence-corrected chi connectivity index (χ3v) is 3.51. The minimum atomic E-state index is -0.362. The van der Waals surface area contributed by atoms with Gasteiger partial charge in [-0.2, -0.15) is 0 Å². The minimum absolute atomic E-state index is 0.0669. The number of hydrogen-bond donors (Lipinski definition) is 2. The highest BCUT2D eigenvalue weighted by Gasteiger charge is 2.19. The van der Waals surface area contributed by atoms with Crippen molar-refractivity contribution in [3.8, 4) is 5.88 Å². The van der Waals surface area contributed by atoms with Crippen LogP contribution in [-0.2, 0) is 16.0 Å². The lowest BCUT2D eigenvalue weighted by atomic mass is 10.1. The maximum absolute atomic E-state index is 11.7. The zero-order chi connectivity index (χ0) is 15.5. The number of nitrogens with zero attached hydrogens (tertiary/aromatic N) is 1. The first kappa shape index (κ1) is 14.0. The number of methoxy groups -OCH3 is 1. The first-order chi connectivity index (χ1) is 10.7. The van der Waals surface area contributed by atoms with Crippen molar-refractivity contribution in [2.45, 2.75) is 6.42 Å². The molecule has 5 nitrogen and oxygen atoms in total. The SMILES string of the molecule is COC(=O)Cc1c2ccccc2c(O)n1Nc1ccccc1. The Hall–Kier alpha value is -2.95. The second-order valence-corrected chi connectivity index (χ2v) is 4.88. The molecule has 3 rings (SSSR count). The molecule has 0 spiro atoms. The van der Waals surface area contributed by atoms with Crippen LogP contribution in [-0.4, -0.2) is 22.9 Å². The number of anilines is 1. The highest BCUT2D eigenvalue weighted by atomic mass is 16.5. The summed E-state index contributed by atoms with van der Waals surface area (Å²) in [4.78, 5) is 11.7. The zero-order valence-corrected chi connectivity index (χ0v) is 12.1. The van der Waals surface area contributed by atoms with E-state index in [0.717, 1.165) is 11.1 Å². The molecule has 3 aromatic rings. The van der Waals surface area contributed by atoms with Crippen LogP contribution in [0.5, 0.6) is 5.88 Å². The second kappa shape index (κ2) is 5.81. The Bertz CT molecular complexity index is 809. The average molecular weight is 296 g/mol. The molecule has 0 saturated carbocycles. The fourth-order valence-electron chi connectivity index (χ4n) is 2.44. The van der Waals surface area contributed by atoms with Gasteiger partial charge in [0.25, 0.3) is 0 Å². The van der Waals surface area contributed by atoms with Crippen molar-refractivity contribution in [1.82, 2.24) is 4.68 Å². The van der Waals surface area contributed by atoms with Crippen LogP contribution in [0.15, 0.2) is 54.6 Å². The molecule has 0 unspecified atom stereocenters. The molecule has 0 aliphatic rings. The molecule has 0 bridgehead atoms. The van der Waals surface area contributed by atoms with Gasteiger partial charge in [0.05, 0.1) is 24.9 Å². The molecule has 0 amide bonds. The van der Waals surface area contributed by atoms with Gasteiger partial charge in [0.15, 0.2) is 0 Å². The van der Waals surface area contributed by atoms with Crippen LogP contribution in [0.4, 0.5) is 5.69 Å². The monoisotopic (exact) mass is 296 g/mol. The third-order valence-electron chi connectivity index (χ3n) is 3.51. The molecule has 1 heterocycles. The van der Waals surface area contributed by atoms with E-state index in [0.29, 0.717) is 11.1 Å². The standard InChI is InChI=1S/C17H16N2O3/c1-22-16(20)11-15-13-9-5-6-10-14(13)17(21)19(15)18-12-7-3-2-4-8-12/h2-10,18,21H,11H2,1H3. The van der Waals surface area contributed by atoms with Gasteiger partial charge in [0.1, 0.15) is 0 Å². The smallest absolute Gasteiger partial charge is 0.311 e. The van der Waals surface area contributed by atoms with E-state index in [1.54, 1.807) is 0 Å². The molecule has 0 saturated heterocycles. The lowest BCUT2D eigenvalue weighted by molar-refractivity contribution is -0.139. The summed E-state index contributed by atoms with van der Waals surface area (Å²) >= 11 is 0. The quantitative estimate of drug-likeness (QED) is 0.727. The number of ether oxygens (including phenoxy) is 1. The number of rotatable bonds is 4. The van der Waals surface area contributed by atoms with Crippen molar-refractivity contribution in [2.75, 3.05) is 12.5 Å². The number of carbonyl (C=O) groups excluding carboxylic acids is 1.